The zero-order valence-corrected chi connectivity index (χ0v) is 13.3. The van der Waals surface area contributed by atoms with E-state index in [-0.39, 0.29) is 5.56 Å². The predicted octanol–water partition coefficient (Wildman–Crippen LogP) is 4.33. The molecule has 0 fully saturated rings. The Kier molecular flexibility index (Phi) is 4.57. The van der Waals surface area contributed by atoms with Crippen LogP contribution in [0.2, 0.25) is 0 Å². The highest BCUT2D eigenvalue weighted by Gasteiger charge is 2.14. The van der Waals surface area contributed by atoms with Crippen molar-refractivity contribution < 1.29 is 14.6 Å². The maximum Gasteiger partial charge on any atom is 0.336 e. The molecule has 4 heteroatoms. The Morgan fingerprint density at radius 1 is 1.08 bits per heavy atom. The SMILES string of the molecule is Cc1ccccc1-c1cc(OCc2cccnc2)ccc1C(=O)O. The molecule has 0 aliphatic rings. The minimum atomic E-state index is -0.952. The number of aromatic nitrogens is 1. The van der Waals surface area contributed by atoms with Crippen molar-refractivity contribution in [2.45, 2.75) is 13.5 Å². The molecule has 3 rings (SSSR count). The lowest BCUT2D eigenvalue weighted by molar-refractivity contribution is 0.0697. The fourth-order valence-corrected chi connectivity index (χ4v) is 2.55. The van der Waals surface area contributed by atoms with Crippen LogP contribution in [0.25, 0.3) is 11.1 Å². The monoisotopic (exact) mass is 319 g/mol. The number of hydrogen-bond donors (Lipinski definition) is 1. The number of carboxylic acid groups (broad SMARTS) is 1. The molecular formula is C20H17NO3. The van der Waals surface area contributed by atoms with E-state index in [4.69, 9.17) is 4.74 Å². The van der Waals surface area contributed by atoms with Gasteiger partial charge in [0.2, 0.25) is 0 Å². The predicted molar refractivity (Wildman–Crippen MR) is 92.1 cm³/mol. The Morgan fingerprint density at radius 2 is 1.92 bits per heavy atom. The molecule has 0 spiro atoms. The van der Waals surface area contributed by atoms with Gasteiger partial charge in [0.25, 0.3) is 0 Å². The molecule has 0 amide bonds. The lowest BCUT2D eigenvalue weighted by Gasteiger charge is -2.12. The molecule has 0 atom stereocenters. The number of pyridine rings is 1. The Morgan fingerprint density at radius 3 is 2.62 bits per heavy atom. The second-order valence-corrected chi connectivity index (χ2v) is 5.48. The second-order valence-electron chi connectivity index (χ2n) is 5.48. The average Bonchev–Trinajstić information content (AvgIpc) is 2.61. The van der Waals surface area contributed by atoms with E-state index in [0.717, 1.165) is 16.7 Å². The number of carboxylic acids is 1. The molecule has 0 saturated heterocycles. The molecule has 1 N–H and O–H groups in total. The highest BCUT2D eigenvalue weighted by atomic mass is 16.5. The van der Waals surface area contributed by atoms with Gasteiger partial charge in [0.15, 0.2) is 0 Å². The number of carbonyl (C=O) groups is 1. The molecular weight excluding hydrogens is 302 g/mol. The summed E-state index contributed by atoms with van der Waals surface area (Å²) in [5, 5.41) is 9.47. The van der Waals surface area contributed by atoms with Crippen LogP contribution in [-0.4, -0.2) is 16.1 Å². The van der Waals surface area contributed by atoms with Crippen LogP contribution in [0.15, 0.2) is 67.0 Å². The Bertz CT molecular complexity index is 860. The van der Waals surface area contributed by atoms with Gasteiger partial charge in [0, 0.05) is 23.5 Å². The maximum atomic E-state index is 11.5. The number of ether oxygens (including phenoxy) is 1. The summed E-state index contributed by atoms with van der Waals surface area (Å²) in [5.41, 5.74) is 3.78. The lowest BCUT2D eigenvalue weighted by atomic mass is 9.96. The van der Waals surface area contributed by atoms with Crippen LogP contribution in [0, 0.1) is 6.92 Å². The molecule has 0 radical (unpaired) electrons. The zero-order valence-electron chi connectivity index (χ0n) is 13.3. The van der Waals surface area contributed by atoms with Gasteiger partial charge in [-0.2, -0.15) is 0 Å². The van der Waals surface area contributed by atoms with Crippen LogP contribution >= 0.6 is 0 Å². The van der Waals surface area contributed by atoms with Gasteiger partial charge in [-0.15, -0.1) is 0 Å². The summed E-state index contributed by atoms with van der Waals surface area (Å²) in [6, 6.07) is 16.5. The van der Waals surface area contributed by atoms with Crippen LogP contribution in [-0.2, 0) is 6.61 Å². The summed E-state index contributed by atoms with van der Waals surface area (Å²) in [4.78, 5) is 15.6. The first kappa shape index (κ1) is 15.7. The largest absolute Gasteiger partial charge is 0.489 e. The van der Waals surface area contributed by atoms with Crippen LogP contribution in [0.3, 0.4) is 0 Å². The van der Waals surface area contributed by atoms with Crippen molar-refractivity contribution >= 4 is 5.97 Å². The lowest BCUT2D eigenvalue weighted by Crippen LogP contribution is -2.02. The highest BCUT2D eigenvalue weighted by Crippen LogP contribution is 2.30. The molecule has 3 aromatic rings. The molecule has 120 valence electrons. The van der Waals surface area contributed by atoms with Crippen molar-refractivity contribution in [3.8, 4) is 16.9 Å². The fraction of sp³-hybridized carbons (Fsp3) is 0.100. The van der Waals surface area contributed by atoms with E-state index in [1.165, 1.54) is 0 Å². The van der Waals surface area contributed by atoms with Gasteiger partial charge in [-0.3, -0.25) is 4.98 Å². The van der Waals surface area contributed by atoms with Gasteiger partial charge < -0.3 is 9.84 Å². The second kappa shape index (κ2) is 6.96. The summed E-state index contributed by atoms with van der Waals surface area (Å²) in [6.07, 6.45) is 3.45. The Balaban J connectivity index is 1.94. The summed E-state index contributed by atoms with van der Waals surface area (Å²) < 4.78 is 5.80. The van der Waals surface area contributed by atoms with Crippen molar-refractivity contribution in [2.24, 2.45) is 0 Å². The summed E-state index contributed by atoms with van der Waals surface area (Å²) in [6.45, 7) is 2.34. The van der Waals surface area contributed by atoms with Crippen LogP contribution in [0.5, 0.6) is 5.75 Å². The summed E-state index contributed by atoms with van der Waals surface area (Å²) >= 11 is 0. The van der Waals surface area contributed by atoms with Crippen LogP contribution < -0.4 is 4.74 Å². The number of aromatic carboxylic acids is 1. The number of aryl methyl sites for hydroxylation is 1. The smallest absolute Gasteiger partial charge is 0.336 e. The van der Waals surface area contributed by atoms with Gasteiger partial charge in [-0.05, 0) is 42.3 Å². The minimum Gasteiger partial charge on any atom is -0.489 e. The summed E-state index contributed by atoms with van der Waals surface area (Å²) in [7, 11) is 0. The third-order valence-electron chi connectivity index (χ3n) is 3.78. The topological polar surface area (TPSA) is 59.4 Å². The molecule has 0 saturated carbocycles. The van der Waals surface area contributed by atoms with Gasteiger partial charge in [-0.1, -0.05) is 30.3 Å². The van der Waals surface area contributed by atoms with E-state index >= 15 is 0 Å². The van der Waals surface area contributed by atoms with Crippen molar-refractivity contribution in [2.75, 3.05) is 0 Å². The number of nitrogens with zero attached hydrogens (tertiary/aromatic N) is 1. The number of hydrogen-bond acceptors (Lipinski definition) is 3. The molecule has 1 heterocycles. The van der Waals surface area contributed by atoms with E-state index in [2.05, 4.69) is 4.98 Å². The third-order valence-corrected chi connectivity index (χ3v) is 3.78. The van der Waals surface area contributed by atoms with Gasteiger partial charge in [0.1, 0.15) is 12.4 Å². The maximum absolute atomic E-state index is 11.5. The van der Waals surface area contributed by atoms with E-state index in [9.17, 15) is 9.90 Å². The average molecular weight is 319 g/mol. The fourth-order valence-electron chi connectivity index (χ4n) is 2.55. The molecule has 0 unspecified atom stereocenters. The van der Waals surface area contributed by atoms with E-state index in [1.807, 2.05) is 43.3 Å². The first-order valence-corrected chi connectivity index (χ1v) is 7.60. The van der Waals surface area contributed by atoms with E-state index in [1.54, 1.807) is 30.6 Å². The molecule has 2 aromatic carbocycles. The van der Waals surface area contributed by atoms with Crippen LogP contribution in [0.4, 0.5) is 0 Å². The highest BCUT2D eigenvalue weighted by molar-refractivity contribution is 5.96. The number of rotatable bonds is 5. The molecule has 24 heavy (non-hydrogen) atoms. The zero-order chi connectivity index (χ0) is 16.9. The van der Waals surface area contributed by atoms with Crippen molar-refractivity contribution in [3.63, 3.8) is 0 Å². The standard InChI is InChI=1S/C20H17NO3/c1-14-5-2-3-7-17(14)19-11-16(8-9-18(19)20(22)23)24-13-15-6-4-10-21-12-15/h2-12H,13H2,1H3,(H,22,23). The molecule has 1 aromatic heterocycles. The van der Waals surface area contributed by atoms with Gasteiger partial charge >= 0.3 is 5.97 Å². The van der Waals surface area contributed by atoms with Crippen molar-refractivity contribution in [1.82, 2.24) is 4.98 Å². The number of benzene rings is 2. The normalized spacial score (nSPS) is 10.4. The molecule has 4 nitrogen and oxygen atoms in total. The first-order valence-electron chi connectivity index (χ1n) is 7.60. The van der Waals surface area contributed by atoms with Crippen molar-refractivity contribution in [1.29, 1.82) is 0 Å². The minimum absolute atomic E-state index is 0.262. The van der Waals surface area contributed by atoms with Crippen molar-refractivity contribution in [3.05, 3.63) is 83.7 Å². The Hall–Kier alpha value is -3.14. The quantitative estimate of drug-likeness (QED) is 0.760. The van der Waals surface area contributed by atoms with Gasteiger partial charge in [0.05, 0.1) is 5.56 Å². The van der Waals surface area contributed by atoms with Crippen LogP contribution in [0.1, 0.15) is 21.5 Å². The van der Waals surface area contributed by atoms with E-state index < -0.39 is 5.97 Å². The summed E-state index contributed by atoms with van der Waals surface area (Å²) in [5.74, 6) is -0.325. The molecule has 0 bridgehead atoms. The first-order chi connectivity index (χ1) is 11.6. The Labute approximate surface area is 140 Å². The molecule has 0 aliphatic carbocycles. The molecule has 0 aliphatic heterocycles. The third kappa shape index (κ3) is 3.43. The van der Waals surface area contributed by atoms with E-state index in [0.29, 0.717) is 17.9 Å². The van der Waals surface area contributed by atoms with Gasteiger partial charge in [-0.25, -0.2) is 4.79 Å².